The third kappa shape index (κ3) is 3.58. The monoisotopic (exact) mass is 355 g/mol. The number of nitrogens with two attached hydrogens (primary N) is 1. The predicted molar refractivity (Wildman–Crippen MR) is 96.0 cm³/mol. The number of amides is 2. The fourth-order valence-electron chi connectivity index (χ4n) is 2.52. The van der Waals surface area contributed by atoms with E-state index in [9.17, 15) is 9.59 Å². The largest absolute Gasteiger partial charge is 0.365 e. The molecule has 0 spiro atoms. The maximum Gasteiger partial charge on any atom is 0.260 e. The smallest absolute Gasteiger partial charge is 0.260 e. The summed E-state index contributed by atoms with van der Waals surface area (Å²) in [4.78, 5) is 27.7. The Labute approximate surface area is 148 Å². The van der Waals surface area contributed by atoms with E-state index >= 15 is 0 Å². The molecule has 0 aliphatic carbocycles. The highest BCUT2D eigenvalue weighted by molar-refractivity contribution is 7.17. The number of benzene rings is 1. The van der Waals surface area contributed by atoms with Crippen molar-refractivity contribution in [3.63, 3.8) is 0 Å². The van der Waals surface area contributed by atoms with Gasteiger partial charge in [0.2, 0.25) is 5.91 Å². The quantitative estimate of drug-likeness (QED) is 0.732. The zero-order chi connectivity index (χ0) is 18.0. The second kappa shape index (κ2) is 6.86. The number of aromatic nitrogens is 3. The number of carbonyl (C=O) groups excluding carboxylic acids is 2. The molecular weight excluding hydrogens is 338 g/mol. The number of rotatable bonds is 5. The number of thiazole rings is 1. The maximum atomic E-state index is 12.3. The molecule has 0 radical (unpaired) electrons. The van der Waals surface area contributed by atoms with Gasteiger partial charge in [0, 0.05) is 11.3 Å². The van der Waals surface area contributed by atoms with Crippen molar-refractivity contribution in [2.24, 2.45) is 5.73 Å². The van der Waals surface area contributed by atoms with E-state index < -0.39 is 5.91 Å². The van der Waals surface area contributed by atoms with Gasteiger partial charge in [-0.15, -0.1) is 0 Å². The number of carbonyl (C=O) groups is 2. The van der Waals surface area contributed by atoms with E-state index in [1.807, 2.05) is 48.9 Å². The number of nitrogens with zero attached hydrogens (tertiary/aromatic N) is 3. The van der Waals surface area contributed by atoms with Crippen LogP contribution in [0.25, 0.3) is 5.69 Å². The summed E-state index contributed by atoms with van der Waals surface area (Å²) in [6.45, 7) is 3.81. The molecule has 128 valence electrons. The normalized spacial score (nSPS) is 10.6. The summed E-state index contributed by atoms with van der Waals surface area (Å²) in [6, 6.07) is 9.75. The highest BCUT2D eigenvalue weighted by atomic mass is 32.1. The lowest BCUT2D eigenvalue weighted by atomic mass is 10.1. The Balaban J connectivity index is 1.77. The van der Waals surface area contributed by atoms with Gasteiger partial charge in [-0.25, -0.2) is 9.67 Å². The molecule has 8 heteroatoms. The summed E-state index contributed by atoms with van der Waals surface area (Å²) in [7, 11) is 0. The minimum absolute atomic E-state index is 0.177. The van der Waals surface area contributed by atoms with Gasteiger partial charge in [-0.1, -0.05) is 29.5 Å². The molecule has 7 nitrogen and oxygen atoms in total. The van der Waals surface area contributed by atoms with Gasteiger partial charge in [0.15, 0.2) is 5.13 Å². The summed E-state index contributed by atoms with van der Waals surface area (Å²) >= 11 is 1.05. The molecule has 0 aliphatic rings. The van der Waals surface area contributed by atoms with Crippen LogP contribution >= 0.6 is 11.3 Å². The first-order valence-corrected chi connectivity index (χ1v) is 8.43. The Kier molecular flexibility index (Phi) is 4.62. The molecule has 2 amide bonds. The number of hydrogen-bond acceptors (Lipinski definition) is 5. The van der Waals surface area contributed by atoms with Crippen molar-refractivity contribution in [3.05, 3.63) is 58.4 Å². The molecule has 0 fully saturated rings. The van der Waals surface area contributed by atoms with Gasteiger partial charge in [0.05, 0.1) is 24.0 Å². The molecule has 3 aromatic rings. The average molecular weight is 355 g/mol. The standard InChI is InChI=1S/C17H17N5O2S/c1-10-13(11(2)22(21-10)12-6-4-3-5-7-12)8-15(23)20-17-19-9-14(25-17)16(18)24/h3-7,9H,8H2,1-2H3,(H2,18,24)(H,19,20,23). The highest BCUT2D eigenvalue weighted by Crippen LogP contribution is 2.20. The van der Waals surface area contributed by atoms with Crippen LogP contribution in [-0.2, 0) is 11.2 Å². The molecule has 3 N–H and O–H groups in total. The van der Waals surface area contributed by atoms with Gasteiger partial charge in [-0.2, -0.15) is 5.10 Å². The van der Waals surface area contributed by atoms with Gasteiger partial charge in [0.25, 0.3) is 5.91 Å². The van der Waals surface area contributed by atoms with Crippen LogP contribution in [-0.4, -0.2) is 26.6 Å². The minimum Gasteiger partial charge on any atom is -0.365 e. The van der Waals surface area contributed by atoms with Crippen molar-refractivity contribution in [2.75, 3.05) is 5.32 Å². The van der Waals surface area contributed by atoms with Crippen LogP contribution in [0.2, 0.25) is 0 Å². The van der Waals surface area contributed by atoms with Gasteiger partial charge in [-0.3, -0.25) is 9.59 Å². The lowest BCUT2D eigenvalue weighted by molar-refractivity contribution is -0.115. The zero-order valence-corrected chi connectivity index (χ0v) is 14.6. The number of para-hydroxylation sites is 1. The average Bonchev–Trinajstić information content (AvgIpc) is 3.16. The van der Waals surface area contributed by atoms with E-state index in [1.54, 1.807) is 0 Å². The first-order valence-electron chi connectivity index (χ1n) is 7.61. The molecule has 1 aromatic carbocycles. The van der Waals surface area contributed by atoms with Gasteiger partial charge in [-0.05, 0) is 26.0 Å². The third-order valence-corrected chi connectivity index (χ3v) is 4.70. The van der Waals surface area contributed by atoms with Gasteiger partial charge < -0.3 is 11.1 Å². The number of anilines is 1. The fraction of sp³-hybridized carbons (Fsp3) is 0.176. The minimum atomic E-state index is -0.561. The van der Waals surface area contributed by atoms with Crippen molar-refractivity contribution in [2.45, 2.75) is 20.3 Å². The van der Waals surface area contributed by atoms with Crippen LogP contribution in [0.15, 0.2) is 36.5 Å². The predicted octanol–water partition coefficient (Wildman–Crippen LogP) is 2.23. The van der Waals surface area contributed by atoms with Crippen LogP contribution in [0.1, 0.15) is 26.6 Å². The Morgan fingerprint density at radius 2 is 1.96 bits per heavy atom. The van der Waals surface area contributed by atoms with Crippen LogP contribution in [0.5, 0.6) is 0 Å². The van der Waals surface area contributed by atoms with E-state index in [-0.39, 0.29) is 12.3 Å². The van der Waals surface area contributed by atoms with Crippen molar-refractivity contribution in [1.82, 2.24) is 14.8 Å². The second-order valence-electron chi connectivity index (χ2n) is 5.52. The highest BCUT2D eigenvalue weighted by Gasteiger charge is 2.17. The molecule has 3 rings (SSSR count). The summed E-state index contributed by atoms with van der Waals surface area (Å²) < 4.78 is 1.83. The van der Waals surface area contributed by atoms with E-state index in [2.05, 4.69) is 15.4 Å². The van der Waals surface area contributed by atoms with E-state index in [1.165, 1.54) is 6.20 Å². The van der Waals surface area contributed by atoms with E-state index in [0.717, 1.165) is 34.0 Å². The zero-order valence-electron chi connectivity index (χ0n) is 13.8. The first-order chi connectivity index (χ1) is 12.0. The van der Waals surface area contributed by atoms with Crippen molar-refractivity contribution in [1.29, 1.82) is 0 Å². The summed E-state index contributed by atoms with van der Waals surface area (Å²) in [5.74, 6) is -0.780. The van der Waals surface area contributed by atoms with Crippen molar-refractivity contribution in [3.8, 4) is 5.69 Å². The van der Waals surface area contributed by atoms with Crippen molar-refractivity contribution < 1.29 is 9.59 Å². The topological polar surface area (TPSA) is 103 Å². The molecule has 0 unspecified atom stereocenters. The van der Waals surface area contributed by atoms with Crippen LogP contribution in [0.3, 0.4) is 0 Å². The van der Waals surface area contributed by atoms with E-state index in [4.69, 9.17) is 5.73 Å². The summed E-state index contributed by atoms with van der Waals surface area (Å²) in [6.07, 6.45) is 1.53. The molecule has 2 aromatic heterocycles. The summed E-state index contributed by atoms with van der Waals surface area (Å²) in [5.41, 5.74) is 8.71. The SMILES string of the molecule is Cc1nn(-c2ccccc2)c(C)c1CC(=O)Nc1ncc(C(N)=O)s1. The Morgan fingerprint density at radius 1 is 1.24 bits per heavy atom. The number of nitrogens with one attached hydrogen (secondary N) is 1. The Hall–Kier alpha value is -3.00. The molecule has 0 saturated carbocycles. The van der Waals surface area contributed by atoms with E-state index in [0.29, 0.717) is 10.0 Å². The maximum absolute atomic E-state index is 12.3. The lowest BCUT2D eigenvalue weighted by Crippen LogP contribution is -2.15. The van der Waals surface area contributed by atoms with Crippen LogP contribution < -0.4 is 11.1 Å². The molecule has 2 heterocycles. The number of aryl methyl sites for hydroxylation is 1. The molecule has 0 atom stereocenters. The fourth-order valence-corrected chi connectivity index (χ4v) is 3.21. The van der Waals surface area contributed by atoms with Gasteiger partial charge >= 0.3 is 0 Å². The molecule has 0 aliphatic heterocycles. The third-order valence-electron chi connectivity index (χ3n) is 3.77. The number of primary amides is 1. The van der Waals surface area contributed by atoms with Crippen LogP contribution in [0.4, 0.5) is 5.13 Å². The first kappa shape index (κ1) is 16.8. The lowest BCUT2D eigenvalue weighted by Gasteiger charge is -2.05. The molecular formula is C17H17N5O2S. The Morgan fingerprint density at radius 3 is 2.60 bits per heavy atom. The second-order valence-corrected chi connectivity index (χ2v) is 6.55. The Bertz CT molecular complexity index is 930. The molecule has 25 heavy (non-hydrogen) atoms. The van der Waals surface area contributed by atoms with Crippen LogP contribution in [0, 0.1) is 13.8 Å². The van der Waals surface area contributed by atoms with Gasteiger partial charge in [0.1, 0.15) is 4.88 Å². The van der Waals surface area contributed by atoms with Crippen molar-refractivity contribution >= 4 is 28.3 Å². The molecule has 0 saturated heterocycles. The number of hydrogen-bond donors (Lipinski definition) is 2. The molecule has 0 bridgehead atoms. The summed E-state index contributed by atoms with van der Waals surface area (Å²) in [5, 5.41) is 7.57.